The van der Waals surface area contributed by atoms with Gasteiger partial charge in [-0.3, -0.25) is 4.99 Å². The van der Waals surface area contributed by atoms with Gasteiger partial charge in [0.2, 0.25) is 0 Å². The van der Waals surface area contributed by atoms with Gasteiger partial charge in [-0.15, -0.1) is 6.42 Å². The smallest absolute Gasteiger partial charge is 0.161 e. The van der Waals surface area contributed by atoms with Gasteiger partial charge in [0.05, 0.1) is 6.54 Å². The van der Waals surface area contributed by atoms with Crippen LogP contribution < -0.4 is 0 Å². The van der Waals surface area contributed by atoms with Crippen molar-refractivity contribution in [3.05, 3.63) is 240 Å². The third kappa shape index (κ3) is 9.40. The second kappa shape index (κ2) is 18.8. The maximum Gasteiger partial charge on any atom is 0.161 e. The third-order valence-electron chi connectivity index (χ3n) is 9.94. The van der Waals surface area contributed by atoms with E-state index >= 15 is 0 Å². The minimum Gasteiger partial charge on any atom is -0.261 e. The molecule has 7 rings (SSSR count). The molecule has 7 aromatic rings. The Morgan fingerprint density at radius 1 is 0.586 bits per heavy atom. The molecule has 3 nitrogen and oxygen atoms in total. The number of nitrogens with zero attached hydrogens (tertiary/aromatic N) is 3. The average Bonchev–Trinajstić information content (AvgIpc) is 3.29. The number of aliphatic imine (C=N–C) groups is 3. The summed E-state index contributed by atoms with van der Waals surface area (Å²) in [6.45, 7) is 10.9. The fourth-order valence-corrected chi connectivity index (χ4v) is 6.82. The first kappa shape index (κ1) is 38.6. The Kier molecular flexibility index (Phi) is 12.5. The molecule has 278 valence electrons. The van der Waals surface area contributed by atoms with E-state index < -0.39 is 0 Å². The van der Waals surface area contributed by atoms with Gasteiger partial charge >= 0.3 is 0 Å². The summed E-state index contributed by atoms with van der Waals surface area (Å²) in [4.78, 5) is 14.1. The molecular formula is C55H43N3. The first-order valence-electron chi connectivity index (χ1n) is 19.2. The van der Waals surface area contributed by atoms with E-state index in [1.54, 1.807) is 0 Å². The molecule has 0 spiro atoms. The monoisotopic (exact) mass is 745 g/mol. The van der Waals surface area contributed by atoms with Crippen LogP contribution in [-0.2, 0) is 6.54 Å². The number of allylic oxidation sites excluding steroid dienone is 4. The predicted octanol–water partition coefficient (Wildman–Crippen LogP) is 13.4. The number of amidine groups is 2. The standard InChI is InChI=1S/C55H43N3/c1-5-43(26-17-27-47-23-15-16-30-53(47)52-36-35-50(37-40(52)2)45-21-11-7-12-22-45)41(3)44-31-33-46(34-32-44)49-28-18-29-51(38-49)54(56-4)58-55(48-24-13-8-14-25-48)57-39-42-19-9-6-10-20-42/h1,6-38H,3-4,39H2,2H3/b27-17-,43-26-,57-55-,58-54-. The minimum atomic E-state index is 0.498. The van der Waals surface area contributed by atoms with Gasteiger partial charge < -0.3 is 0 Å². The summed E-state index contributed by atoms with van der Waals surface area (Å²) in [7, 11) is 0. The van der Waals surface area contributed by atoms with Crippen LogP contribution in [0.15, 0.2) is 221 Å². The van der Waals surface area contributed by atoms with Crippen LogP contribution in [0.1, 0.15) is 33.4 Å². The molecule has 0 aliphatic rings. The lowest BCUT2D eigenvalue weighted by atomic mass is 9.92. The van der Waals surface area contributed by atoms with Crippen molar-refractivity contribution in [2.45, 2.75) is 13.5 Å². The molecule has 3 heteroatoms. The Morgan fingerprint density at radius 2 is 1.19 bits per heavy atom. The van der Waals surface area contributed by atoms with E-state index in [0.29, 0.717) is 23.8 Å². The molecule has 0 aliphatic carbocycles. The summed E-state index contributed by atoms with van der Waals surface area (Å²) in [5.74, 6) is 3.95. The van der Waals surface area contributed by atoms with Crippen molar-refractivity contribution in [2.75, 3.05) is 0 Å². The molecule has 7 aromatic carbocycles. The molecule has 0 N–H and O–H groups in total. The summed E-state index contributed by atoms with van der Waals surface area (Å²) in [6.07, 6.45) is 12.1. The van der Waals surface area contributed by atoms with Gasteiger partial charge in [-0.05, 0) is 87.0 Å². The Bertz CT molecular complexity index is 2710. The first-order valence-corrected chi connectivity index (χ1v) is 19.2. The summed E-state index contributed by atoms with van der Waals surface area (Å²) in [5.41, 5.74) is 14.5. The highest BCUT2D eigenvalue weighted by atomic mass is 15.0. The van der Waals surface area contributed by atoms with Gasteiger partial charge in [0.15, 0.2) is 11.7 Å². The summed E-state index contributed by atoms with van der Waals surface area (Å²) < 4.78 is 0. The highest BCUT2D eigenvalue weighted by molar-refractivity contribution is 6.13. The molecule has 0 bridgehead atoms. The quantitative estimate of drug-likeness (QED) is 0.0547. The number of hydrogen-bond donors (Lipinski definition) is 0. The highest BCUT2D eigenvalue weighted by Gasteiger charge is 2.11. The van der Waals surface area contributed by atoms with Crippen LogP contribution in [0.5, 0.6) is 0 Å². The molecule has 0 radical (unpaired) electrons. The van der Waals surface area contributed by atoms with E-state index in [-0.39, 0.29) is 0 Å². The Labute approximate surface area is 342 Å². The van der Waals surface area contributed by atoms with Crippen LogP contribution in [0, 0.1) is 19.3 Å². The zero-order chi connectivity index (χ0) is 40.1. The zero-order valence-electron chi connectivity index (χ0n) is 32.6. The van der Waals surface area contributed by atoms with E-state index in [0.717, 1.165) is 44.5 Å². The van der Waals surface area contributed by atoms with Crippen LogP contribution in [0.3, 0.4) is 0 Å². The predicted molar refractivity (Wildman–Crippen MR) is 248 cm³/mol. The van der Waals surface area contributed by atoms with E-state index in [9.17, 15) is 0 Å². The Morgan fingerprint density at radius 3 is 1.90 bits per heavy atom. The second-order valence-electron chi connectivity index (χ2n) is 13.8. The van der Waals surface area contributed by atoms with Crippen molar-refractivity contribution >= 4 is 30.0 Å². The van der Waals surface area contributed by atoms with Crippen molar-refractivity contribution in [1.29, 1.82) is 0 Å². The van der Waals surface area contributed by atoms with Gasteiger partial charge in [-0.2, -0.15) is 0 Å². The van der Waals surface area contributed by atoms with Crippen molar-refractivity contribution < 1.29 is 0 Å². The fraction of sp³-hybridized carbons (Fsp3) is 0.0364. The van der Waals surface area contributed by atoms with Crippen molar-refractivity contribution in [3.8, 4) is 45.7 Å². The molecule has 0 fully saturated rings. The summed E-state index contributed by atoms with van der Waals surface area (Å²) in [6, 6.07) is 62.1. The van der Waals surface area contributed by atoms with Crippen molar-refractivity contribution in [1.82, 2.24) is 0 Å². The van der Waals surface area contributed by atoms with Crippen molar-refractivity contribution in [2.24, 2.45) is 15.0 Å². The number of benzene rings is 7. The van der Waals surface area contributed by atoms with Crippen LogP contribution in [0.2, 0.25) is 0 Å². The number of hydrogen-bond acceptors (Lipinski definition) is 1. The molecular weight excluding hydrogens is 703 g/mol. The first-order chi connectivity index (χ1) is 28.5. The van der Waals surface area contributed by atoms with Gasteiger partial charge in [0, 0.05) is 16.7 Å². The number of terminal acetylenes is 1. The average molecular weight is 746 g/mol. The van der Waals surface area contributed by atoms with Gasteiger partial charge in [0.25, 0.3) is 0 Å². The maximum atomic E-state index is 6.05. The lowest BCUT2D eigenvalue weighted by Crippen LogP contribution is -2.05. The molecule has 0 aliphatic heterocycles. The summed E-state index contributed by atoms with van der Waals surface area (Å²) >= 11 is 0. The van der Waals surface area contributed by atoms with Gasteiger partial charge in [0.1, 0.15) is 0 Å². The normalized spacial score (nSPS) is 12.0. The minimum absolute atomic E-state index is 0.498. The topological polar surface area (TPSA) is 37.1 Å². The fourth-order valence-electron chi connectivity index (χ4n) is 6.82. The van der Waals surface area contributed by atoms with E-state index in [2.05, 4.69) is 152 Å². The molecule has 0 amide bonds. The zero-order valence-corrected chi connectivity index (χ0v) is 32.6. The lowest BCUT2D eigenvalue weighted by Gasteiger charge is -2.12. The molecule has 0 heterocycles. The van der Waals surface area contributed by atoms with Gasteiger partial charge in [-0.25, -0.2) is 9.98 Å². The number of rotatable bonds is 11. The Hall–Kier alpha value is -7.67. The van der Waals surface area contributed by atoms with Crippen molar-refractivity contribution in [3.63, 3.8) is 0 Å². The molecule has 0 aromatic heterocycles. The molecule has 0 saturated heterocycles. The largest absolute Gasteiger partial charge is 0.261 e. The van der Waals surface area contributed by atoms with E-state index in [1.807, 2.05) is 78.9 Å². The summed E-state index contributed by atoms with van der Waals surface area (Å²) in [5, 5.41) is 0. The molecule has 0 atom stereocenters. The third-order valence-corrected chi connectivity index (χ3v) is 9.94. The van der Waals surface area contributed by atoms with Crippen LogP contribution in [-0.4, -0.2) is 18.4 Å². The maximum absolute atomic E-state index is 6.05. The van der Waals surface area contributed by atoms with Gasteiger partial charge in [-0.1, -0.05) is 201 Å². The number of aryl methyl sites for hydroxylation is 1. The van der Waals surface area contributed by atoms with E-state index in [1.165, 1.54) is 27.8 Å². The van der Waals surface area contributed by atoms with E-state index in [4.69, 9.17) is 16.4 Å². The highest BCUT2D eigenvalue weighted by Crippen LogP contribution is 2.32. The van der Waals surface area contributed by atoms with Crippen LogP contribution >= 0.6 is 0 Å². The molecule has 0 saturated carbocycles. The Balaban J connectivity index is 1.08. The second-order valence-corrected chi connectivity index (χ2v) is 13.8. The molecule has 58 heavy (non-hydrogen) atoms. The lowest BCUT2D eigenvalue weighted by molar-refractivity contribution is 1.06. The van der Waals surface area contributed by atoms with Crippen LogP contribution in [0.4, 0.5) is 0 Å². The van der Waals surface area contributed by atoms with Crippen LogP contribution in [0.25, 0.3) is 45.0 Å². The SMILES string of the molecule is C#C/C(=C/C=C\c1ccccc1-c1ccc(-c2ccccc2)cc1C)C(=C)c1ccc(-c2cccc(/C(N=C)=N/C(=N\Cc3ccccc3)c3ccccc3)c2)cc1. The molecule has 0 unspecified atom stereocenters.